The van der Waals surface area contributed by atoms with Crippen molar-refractivity contribution in [1.29, 1.82) is 0 Å². The maximum Gasteiger partial charge on any atom is 0.313 e. The number of benzene rings is 2. The van der Waals surface area contributed by atoms with Crippen molar-refractivity contribution >= 4 is 17.5 Å². The molecule has 0 bridgehead atoms. The molecule has 0 aliphatic carbocycles. The molecule has 3 rings (SSSR count). The Morgan fingerprint density at radius 3 is 2.03 bits per heavy atom. The summed E-state index contributed by atoms with van der Waals surface area (Å²) in [6.07, 6.45) is 0. The lowest BCUT2D eigenvalue weighted by Crippen LogP contribution is -2.49. The molecule has 154 valence electrons. The zero-order chi connectivity index (χ0) is 20.8. The number of carbonyl (C=O) groups is 2. The van der Waals surface area contributed by atoms with Gasteiger partial charge in [0.15, 0.2) is 0 Å². The lowest BCUT2D eigenvalue weighted by Gasteiger charge is -2.38. The van der Waals surface area contributed by atoms with Crippen LogP contribution in [0.4, 0.5) is 14.5 Å². The number of hydrogen-bond acceptors (Lipinski definition) is 4. The number of rotatable bonds is 5. The Labute approximate surface area is 168 Å². The number of piperazine rings is 1. The van der Waals surface area contributed by atoms with Crippen molar-refractivity contribution in [2.75, 3.05) is 45.1 Å². The van der Waals surface area contributed by atoms with Crippen LogP contribution in [0.1, 0.15) is 11.6 Å². The highest BCUT2D eigenvalue weighted by atomic mass is 19.1. The number of nitrogens with zero attached hydrogens (tertiary/aromatic N) is 2. The summed E-state index contributed by atoms with van der Waals surface area (Å²) in [5.74, 6) is -2.36. The average Bonchev–Trinajstić information content (AvgIpc) is 2.72. The molecule has 1 heterocycles. The van der Waals surface area contributed by atoms with Gasteiger partial charge in [-0.15, -0.1) is 0 Å². The molecule has 0 saturated carbocycles. The predicted molar refractivity (Wildman–Crippen MR) is 106 cm³/mol. The minimum Gasteiger partial charge on any atom is -0.346 e. The molecule has 2 aromatic carbocycles. The molecule has 1 saturated heterocycles. The zero-order valence-corrected chi connectivity index (χ0v) is 16.2. The van der Waals surface area contributed by atoms with Gasteiger partial charge in [-0.05, 0) is 49.0 Å². The van der Waals surface area contributed by atoms with Gasteiger partial charge in [0.1, 0.15) is 11.6 Å². The standard InChI is InChI=1S/C21H24F2N4O2/c1-26-10-12-27(13-11-26)19(15-2-4-16(22)5-3-15)14-24-20(28)21(29)25-18-8-6-17(23)7-9-18/h2-9,19H,10-14H2,1H3,(H,24,28)(H,25,29). The fourth-order valence-corrected chi connectivity index (χ4v) is 3.27. The summed E-state index contributed by atoms with van der Waals surface area (Å²) in [5, 5.41) is 5.10. The summed E-state index contributed by atoms with van der Waals surface area (Å²) in [6, 6.07) is 11.2. The summed E-state index contributed by atoms with van der Waals surface area (Å²) in [6.45, 7) is 3.59. The molecule has 1 atom stereocenters. The Hall–Kier alpha value is -2.84. The Kier molecular flexibility index (Phi) is 6.90. The quantitative estimate of drug-likeness (QED) is 0.751. The van der Waals surface area contributed by atoms with Gasteiger partial charge >= 0.3 is 11.8 Å². The minimum absolute atomic E-state index is 0.174. The van der Waals surface area contributed by atoms with Gasteiger partial charge in [-0.1, -0.05) is 12.1 Å². The van der Waals surface area contributed by atoms with Crippen molar-refractivity contribution in [3.63, 3.8) is 0 Å². The van der Waals surface area contributed by atoms with Crippen LogP contribution in [0.15, 0.2) is 48.5 Å². The van der Waals surface area contributed by atoms with Crippen LogP contribution in [0.5, 0.6) is 0 Å². The number of likely N-dealkylation sites (N-methyl/N-ethyl adjacent to an activating group) is 1. The van der Waals surface area contributed by atoms with E-state index >= 15 is 0 Å². The monoisotopic (exact) mass is 402 g/mol. The second-order valence-corrected chi connectivity index (χ2v) is 7.08. The van der Waals surface area contributed by atoms with Crippen LogP contribution in [-0.2, 0) is 9.59 Å². The summed E-state index contributed by atoms with van der Waals surface area (Å²) in [7, 11) is 2.05. The van der Waals surface area contributed by atoms with Gasteiger partial charge in [0.25, 0.3) is 0 Å². The molecule has 2 N–H and O–H groups in total. The molecule has 1 aliphatic heterocycles. The Bertz CT molecular complexity index is 835. The van der Waals surface area contributed by atoms with Crippen LogP contribution in [-0.4, -0.2) is 61.4 Å². The van der Waals surface area contributed by atoms with Gasteiger partial charge in [-0.2, -0.15) is 0 Å². The zero-order valence-electron chi connectivity index (χ0n) is 16.2. The van der Waals surface area contributed by atoms with Gasteiger partial charge in [-0.3, -0.25) is 14.5 Å². The summed E-state index contributed by atoms with van der Waals surface area (Å²) >= 11 is 0. The van der Waals surface area contributed by atoms with Gasteiger partial charge in [0, 0.05) is 38.4 Å². The number of halogens is 2. The maximum atomic E-state index is 13.3. The van der Waals surface area contributed by atoms with Crippen LogP contribution in [0, 0.1) is 11.6 Å². The molecular formula is C21H24F2N4O2. The van der Waals surface area contributed by atoms with Gasteiger partial charge in [0.2, 0.25) is 0 Å². The largest absolute Gasteiger partial charge is 0.346 e. The molecule has 2 aromatic rings. The van der Waals surface area contributed by atoms with E-state index in [1.54, 1.807) is 12.1 Å². The van der Waals surface area contributed by atoms with Crippen molar-refractivity contribution < 1.29 is 18.4 Å². The second-order valence-electron chi connectivity index (χ2n) is 7.08. The first-order valence-electron chi connectivity index (χ1n) is 9.45. The molecule has 0 aromatic heterocycles. The van der Waals surface area contributed by atoms with Crippen molar-refractivity contribution in [2.45, 2.75) is 6.04 Å². The Morgan fingerprint density at radius 2 is 1.45 bits per heavy atom. The SMILES string of the molecule is CN1CCN(C(CNC(=O)C(=O)Nc2ccc(F)cc2)c2ccc(F)cc2)CC1. The van der Waals surface area contributed by atoms with E-state index in [0.717, 1.165) is 31.7 Å². The fraction of sp³-hybridized carbons (Fsp3) is 0.333. The van der Waals surface area contributed by atoms with E-state index in [1.165, 1.54) is 36.4 Å². The third-order valence-corrected chi connectivity index (χ3v) is 5.00. The van der Waals surface area contributed by atoms with E-state index < -0.39 is 17.6 Å². The lowest BCUT2D eigenvalue weighted by molar-refractivity contribution is -0.136. The molecule has 1 fully saturated rings. The van der Waals surface area contributed by atoms with Crippen LogP contribution in [0.25, 0.3) is 0 Å². The highest BCUT2D eigenvalue weighted by molar-refractivity contribution is 6.39. The van der Waals surface area contributed by atoms with E-state index in [1.807, 2.05) is 7.05 Å². The average molecular weight is 402 g/mol. The summed E-state index contributed by atoms with van der Waals surface area (Å²) in [5.41, 5.74) is 1.20. The van der Waals surface area contributed by atoms with Gasteiger partial charge in [-0.25, -0.2) is 8.78 Å². The van der Waals surface area contributed by atoms with Crippen LogP contribution < -0.4 is 10.6 Å². The van der Waals surface area contributed by atoms with Crippen molar-refractivity contribution in [3.05, 3.63) is 65.7 Å². The molecule has 29 heavy (non-hydrogen) atoms. The molecule has 2 amide bonds. The number of carbonyl (C=O) groups excluding carboxylic acids is 2. The normalized spacial score (nSPS) is 16.2. The van der Waals surface area contributed by atoms with E-state index in [9.17, 15) is 18.4 Å². The molecule has 6 nitrogen and oxygen atoms in total. The highest BCUT2D eigenvalue weighted by Gasteiger charge is 2.25. The third kappa shape index (κ3) is 5.82. The van der Waals surface area contributed by atoms with Crippen molar-refractivity contribution in [1.82, 2.24) is 15.1 Å². The molecule has 1 unspecified atom stereocenters. The molecule has 8 heteroatoms. The Morgan fingerprint density at radius 1 is 0.897 bits per heavy atom. The van der Waals surface area contributed by atoms with Crippen LogP contribution in [0.3, 0.4) is 0 Å². The van der Waals surface area contributed by atoms with Crippen LogP contribution in [0.2, 0.25) is 0 Å². The first kappa shape index (κ1) is 20.9. The number of amides is 2. The summed E-state index contributed by atoms with van der Waals surface area (Å²) < 4.78 is 26.3. The summed E-state index contributed by atoms with van der Waals surface area (Å²) in [4.78, 5) is 28.8. The predicted octanol–water partition coefficient (Wildman–Crippen LogP) is 2.01. The topological polar surface area (TPSA) is 64.7 Å². The maximum absolute atomic E-state index is 13.3. The molecule has 0 radical (unpaired) electrons. The lowest BCUT2D eigenvalue weighted by atomic mass is 10.0. The highest BCUT2D eigenvalue weighted by Crippen LogP contribution is 2.22. The Balaban J connectivity index is 1.63. The van der Waals surface area contributed by atoms with Crippen molar-refractivity contribution in [3.8, 4) is 0 Å². The minimum atomic E-state index is -0.826. The first-order valence-corrected chi connectivity index (χ1v) is 9.45. The van der Waals surface area contributed by atoms with E-state index in [0.29, 0.717) is 5.69 Å². The second kappa shape index (κ2) is 9.58. The van der Waals surface area contributed by atoms with E-state index in [4.69, 9.17) is 0 Å². The van der Waals surface area contributed by atoms with E-state index in [2.05, 4.69) is 20.4 Å². The smallest absolute Gasteiger partial charge is 0.313 e. The van der Waals surface area contributed by atoms with Gasteiger partial charge in [0.05, 0.1) is 6.04 Å². The fourth-order valence-electron chi connectivity index (χ4n) is 3.27. The van der Waals surface area contributed by atoms with Crippen molar-refractivity contribution in [2.24, 2.45) is 0 Å². The molecular weight excluding hydrogens is 378 g/mol. The van der Waals surface area contributed by atoms with E-state index in [-0.39, 0.29) is 18.4 Å². The molecule has 1 aliphatic rings. The van der Waals surface area contributed by atoms with Gasteiger partial charge < -0.3 is 15.5 Å². The third-order valence-electron chi connectivity index (χ3n) is 5.00. The molecule has 0 spiro atoms. The number of hydrogen-bond donors (Lipinski definition) is 2. The number of anilines is 1. The first-order chi connectivity index (χ1) is 13.9. The van der Waals surface area contributed by atoms with Crippen LogP contribution >= 0.6 is 0 Å². The number of nitrogens with one attached hydrogen (secondary N) is 2.